The number of nitrogen functional groups attached to an aromatic ring is 1. The predicted octanol–water partition coefficient (Wildman–Crippen LogP) is 4.53. The summed E-state index contributed by atoms with van der Waals surface area (Å²) in [7, 11) is 0. The number of aromatic amines is 1. The number of aromatic nitrogens is 2. The van der Waals surface area contributed by atoms with Gasteiger partial charge in [-0.25, -0.2) is 0 Å². The molecule has 1 saturated carbocycles. The van der Waals surface area contributed by atoms with Gasteiger partial charge in [0.05, 0.1) is 5.69 Å². The van der Waals surface area contributed by atoms with Gasteiger partial charge in [-0.05, 0) is 30.5 Å². The highest BCUT2D eigenvalue weighted by molar-refractivity contribution is 6.30. The second-order valence-electron chi connectivity index (χ2n) is 5.99. The summed E-state index contributed by atoms with van der Waals surface area (Å²) >= 11 is 5.97. The lowest BCUT2D eigenvalue weighted by Gasteiger charge is -2.33. The Morgan fingerprint density at radius 2 is 1.80 bits per heavy atom. The fourth-order valence-electron chi connectivity index (χ4n) is 3.28. The second-order valence-corrected chi connectivity index (χ2v) is 6.42. The molecule has 0 unspecified atom stereocenters. The minimum absolute atomic E-state index is 0.151. The van der Waals surface area contributed by atoms with Crippen molar-refractivity contribution in [1.82, 2.24) is 10.2 Å². The van der Waals surface area contributed by atoms with Gasteiger partial charge in [-0.1, -0.05) is 49.9 Å². The molecule has 2 aromatic rings. The van der Waals surface area contributed by atoms with E-state index < -0.39 is 0 Å². The Hall–Kier alpha value is -1.48. The molecule has 3 nitrogen and oxygen atoms in total. The quantitative estimate of drug-likeness (QED) is 0.853. The van der Waals surface area contributed by atoms with Crippen molar-refractivity contribution in [2.45, 2.75) is 44.4 Å². The SMILES string of the molecule is CC1(c2[nH]nc(N)c2-c2ccc(Cl)cc2)CCCCC1. The molecular weight excluding hydrogens is 270 g/mol. The van der Waals surface area contributed by atoms with Crippen molar-refractivity contribution in [3.63, 3.8) is 0 Å². The first-order valence-electron chi connectivity index (χ1n) is 7.20. The molecule has 0 radical (unpaired) electrons. The first kappa shape index (κ1) is 13.5. The highest BCUT2D eigenvalue weighted by Gasteiger charge is 2.33. The number of benzene rings is 1. The Balaban J connectivity index is 2.07. The summed E-state index contributed by atoms with van der Waals surface area (Å²) in [5.41, 5.74) is 9.56. The average molecular weight is 290 g/mol. The smallest absolute Gasteiger partial charge is 0.153 e. The Kier molecular flexibility index (Phi) is 3.47. The Morgan fingerprint density at radius 1 is 1.15 bits per heavy atom. The van der Waals surface area contributed by atoms with Crippen molar-refractivity contribution < 1.29 is 0 Å². The standard InChI is InChI=1S/C16H20ClN3/c1-16(9-3-2-4-10-16)14-13(15(18)20-19-14)11-5-7-12(17)8-6-11/h5-8H,2-4,9-10H2,1H3,(H3,18,19,20). The van der Waals surface area contributed by atoms with Gasteiger partial charge >= 0.3 is 0 Å². The van der Waals surface area contributed by atoms with Gasteiger partial charge in [0.2, 0.25) is 0 Å². The third-order valence-electron chi connectivity index (χ3n) is 4.49. The van der Waals surface area contributed by atoms with Crippen LogP contribution in [0.1, 0.15) is 44.7 Å². The van der Waals surface area contributed by atoms with Crippen molar-refractivity contribution in [2.24, 2.45) is 0 Å². The van der Waals surface area contributed by atoms with Crippen LogP contribution in [0.15, 0.2) is 24.3 Å². The zero-order valence-corrected chi connectivity index (χ0v) is 12.5. The van der Waals surface area contributed by atoms with Crippen LogP contribution in [0.4, 0.5) is 5.82 Å². The van der Waals surface area contributed by atoms with Gasteiger partial charge in [-0.15, -0.1) is 0 Å². The van der Waals surface area contributed by atoms with Gasteiger partial charge in [0.25, 0.3) is 0 Å². The van der Waals surface area contributed by atoms with Crippen LogP contribution in [-0.4, -0.2) is 10.2 Å². The summed E-state index contributed by atoms with van der Waals surface area (Å²) in [4.78, 5) is 0. The number of nitrogens with two attached hydrogens (primary N) is 1. The van der Waals surface area contributed by atoms with Crippen LogP contribution in [0.2, 0.25) is 5.02 Å². The zero-order valence-electron chi connectivity index (χ0n) is 11.7. The largest absolute Gasteiger partial charge is 0.382 e. The molecule has 3 N–H and O–H groups in total. The Labute approximate surface area is 124 Å². The summed E-state index contributed by atoms with van der Waals surface area (Å²) in [5.74, 6) is 0.578. The lowest BCUT2D eigenvalue weighted by Crippen LogP contribution is -2.26. The maximum Gasteiger partial charge on any atom is 0.153 e. The fraction of sp³-hybridized carbons (Fsp3) is 0.438. The molecule has 4 heteroatoms. The molecule has 1 aliphatic rings. The van der Waals surface area contributed by atoms with Gasteiger partial charge in [-0.2, -0.15) is 5.10 Å². The topological polar surface area (TPSA) is 54.7 Å². The molecule has 0 atom stereocenters. The van der Waals surface area contributed by atoms with E-state index in [0.29, 0.717) is 5.82 Å². The molecule has 0 saturated heterocycles. The van der Waals surface area contributed by atoms with E-state index in [-0.39, 0.29) is 5.41 Å². The summed E-state index contributed by atoms with van der Waals surface area (Å²) in [6.07, 6.45) is 6.25. The Bertz CT molecular complexity index is 595. The maximum atomic E-state index is 6.10. The number of H-pyrrole nitrogens is 1. The summed E-state index contributed by atoms with van der Waals surface area (Å²) in [6, 6.07) is 7.82. The third kappa shape index (κ3) is 2.31. The normalized spacial score (nSPS) is 18.1. The van der Waals surface area contributed by atoms with E-state index in [0.717, 1.165) is 16.1 Å². The molecule has 1 aliphatic carbocycles. The van der Waals surface area contributed by atoms with Crippen LogP contribution in [0.25, 0.3) is 11.1 Å². The molecule has 0 amide bonds. The monoisotopic (exact) mass is 289 g/mol. The number of hydrogen-bond acceptors (Lipinski definition) is 2. The van der Waals surface area contributed by atoms with Gasteiger partial charge in [0.15, 0.2) is 5.82 Å². The minimum atomic E-state index is 0.151. The van der Waals surface area contributed by atoms with E-state index in [1.807, 2.05) is 24.3 Å². The van der Waals surface area contributed by atoms with E-state index in [9.17, 15) is 0 Å². The van der Waals surface area contributed by atoms with E-state index in [4.69, 9.17) is 17.3 Å². The Morgan fingerprint density at radius 3 is 2.45 bits per heavy atom. The first-order valence-corrected chi connectivity index (χ1v) is 7.58. The van der Waals surface area contributed by atoms with E-state index in [1.54, 1.807) is 0 Å². The molecule has 106 valence electrons. The van der Waals surface area contributed by atoms with Gasteiger partial charge < -0.3 is 5.73 Å². The maximum absolute atomic E-state index is 6.10. The number of hydrogen-bond donors (Lipinski definition) is 2. The highest BCUT2D eigenvalue weighted by Crippen LogP contribution is 2.43. The van der Waals surface area contributed by atoms with Crippen molar-refractivity contribution in [2.75, 3.05) is 5.73 Å². The third-order valence-corrected chi connectivity index (χ3v) is 4.74. The van der Waals surface area contributed by atoms with Gasteiger partial charge in [-0.3, -0.25) is 5.10 Å². The highest BCUT2D eigenvalue weighted by atomic mass is 35.5. The summed E-state index contributed by atoms with van der Waals surface area (Å²) in [6.45, 7) is 2.32. The molecule has 1 heterocycles. The molecule has 1 aromatic heterocycles. The molecule has 0 spiro atoms. The van der Waals surface area contributed by atoms with Gasteiger partial charge in [0.1, 0.15) is 0 Å². The zero-order chi connectivity index (χ0) is 14.2. The van der Waals surface area contributed by atoms with Crippen LogP contribution in [0.3, 0.4) is 0 Å². The molecule has 0 aliphatic heterocycles. The first-order chi connectivity index (χ1) is 9.60. The van der Waals surface area contributed by atoms with Crippen LogP contribution in [-0.2, 0) is 5.41 Å². The molecule has 3 rings (SSSR count). The van der Waals surface area contributed by atoms with E-state index in [2.05, 4.69) is 17.1 Å². The van der Waals surface area contributed by atoms with E-state index in [1.165, 1.54) is 37.8 Å². The molecule has 1 aromatic carbocycles. The molecular formula is C16H20ClN3. The second kappa shape index (κ2) is 5.13. The van der Waals surface area contributed by atoms with Crippen molar-refractivity contribution in [3.8, 4) is 11.1 Å². The summed E-state index contributed by atoms with van der Waals surface area (Å²) < 4.78 is 0. The number of nitrogens with one attached hydrogen (secondary N) is 1. The average Bonchev–Trinajstić information content (AvgIpc) is 2.83. The predicted molar refractivity (Wildman–Crippen MR) is 83.9 cm³/mol. The van der Waals surface area contributed by atoms with Crippen molar-refractivity contribution in [3.05, 3.63) is 35.0 Å². The molecule has 20 heavy (non-hydrogen) atoms. The fourth-order valence-corrected chi connectivity index (χ4v) is 3.41. The van der Waals surface area contributed by atoms with Crippen LogP contribution in [0, 0.1) is 0 Å². The number of anilines is 1. The number of rotatable bonds is 2. The molecule has 1 fully saturated rings. The lowest BCUT2D eigenvalue weighted by molar-refractivity contribution is 0.312. The molecule has 0 bridgehead atoms. The lowest BCUT2D eigenvalue weighted by atomic mass is 9.72. The van der Waals surface area contributed by atoms with Gasteiger partial charge in [0, 0.05) is 16.0 Å². The van der Waals surface area contributed by atoms with Crippen molar-refractivity contribution >= 4 is 17.4 Å². The van der Waals surface area contributed by atoms with Crippen LogP contribution < -0.4 is 5.73 Å². The van der Waals surface area contributed by atoms with Crippen molar-refractivity contribution in [1.29, 1.82) is 0 Å². The van der Waals surface area contributed by atoms with Crippen LogP contribution in [0.5, 0.6) is 0 Å². The van der Waals surface area contributed by atoms with Crippen LogP contribution >= 0.6 is 11.6 Å². The summed E-state index contributed by atoms with van der Waals surface area (Å²) in [5, 5.41) is 8.18. The number of nitrogens with zero attached hydrogens (tertiary/aromatic N) is 1. The van der Waals surface area contributed by atoms with E-state index >= 15 is 0 Å². The number of halogens is 1. The minimum Gasteiger partial charge on any atom is -0.382 e.